The Morgan fingerprint density at radius 2 is 1.93 bits per heavy atom. The number of amides is 1. The van der Waals surface area contributed by atoms with Crippen LogP contribution in [0, 0.1) is 0 Å². The van der Waals surface area contributed by atoms with Crippen LogP contribution in [0.15, 0.2) is 41.1 Å². The molecule has 8 nitrogen and oxygen atoms in total. The smallest absolute Gasteiger partial charge is 0.305 e. The molecule has 2 N–H and O–H groups in total. The summed E-state index contributed by atoms with van der Waals surface area (Å²) >= 11 is 15.3. The predicted octanol–water partition coefficient (Wildman–Crippen LogP) is 3.92. The highest BCUT2D eigenvalue weighted by atomic mass is 79.9. The van der Waals surface area contributed by atoms with Crippen LogP contribution in [0.5, 0.6) is 0 Å². The molecule has 0 saturated heterocycles. The molecule has 0 atom stereocenters. The highest BCUT2D eigenvalue weighted by Crippen LogP contribution is 2.25. The van der Waals surface area contributed by atoms with Gasteiger partial charge >= 0.3 is 5.97 Å². The first kappa shape index (κ1) is 20.4. The summed E-state index contributed by atoms with van der Waals surface area (Å²) in [6, 6.07) is 6.81. The highest BCUT2D eigenvalue weighted by molar-refractivity contribution is 9.10. The number of aryl methyl sites for hydroxylation is 1. The summed E-state index contributed by atoms with van der Waals surface area (Å²) in [5.41, 5.74) is 1.07. The van der Waals surface area contributed by atoms with Crippen molar-refractivity contribution in [3.63, 3.8) is 0 Å². The lowest BCUT2D eigenvalue weighted by Crippen LogP contribution is -2.15. The topological polar surface area (TPSA) is 102 Å². The van der Waals surface area contributed by atoms with Crippen LogP contribution in [0.3, 0.4) is 0 Å². The molecule has 1 aromatic carbocycles. The van der Waals surface area contributed by atoms with Crippen molar-refractivity contribution in [2.75, 3.05) is 5.32 Å². The second-order valence-corrected chi connectivity index (χ2v) is 7.50. The first-order valence-electron chi connectivity index (χ1n) is 8.05. The standard InChI is InChI=1S/C17H14BrCl2N5O3/c18-11-9-25(8-10-1-2-12(19)13(20)7-10)23-16(11)21-17(28)14-3-5-24(22-14)6-4-15(26)27/h1-3,5,7,9H,4,6,8H2,(H,26,27)(H,21,23,28). The lowest BCUT2D eigenvalue weighted by atomic mass is 10.2. The van der Waals surface area contributed by atoms with Crippen molar-refractivity contribution in [1.29, 1.82) is 0 Å². The molecule has 1 amide bonds. The predicted molar refractivity (Wildman–Crippen MR) is 108 cm³/mol. The van der Waals surface area contributed by atoms with Crippen molar-refractivity contribution >= 4 is 56.8 Å². The van der Waals surface area contributed by atoms with Gasteiger partial charge in [0.1, 0.15) is 0 Å². The van der Waals surface area contributed by atoms with Crippen molar-refractivity contribution in [3.8, 4) is 0 Å². The van der Waals surface area contributed by atoms with Crippen LogP contribution in [0.25, 0.3) is 0 Å². The van der Waals surface area contributed by atoms with Gasteiger partial charge in [-0.05, 0) is 39.7 Å². The fraction of sp³-hybridized carbons (Fsp3) is 0.176. The molecular formula is C17H14BrCl2N5O3. The highest BCUT2D eigenvalue weighted by Gasteiger charge is 2.15. The van der Waals surface area contributed by atoms with Crippen LogP contribution < -0.4 is 5.32 Å². The summed E-state index contributed by atoms with van der Waals surface area (Å²) < 4.78 is 3.65. The van der Waals surface area contributed by atoms with Gasteiger partial charge in [0.25, 0.3) is 5.91 Å². The van der Waals surface area contributed by atoms with Crippen molar-refractivity contribution in [3.05, 3.63) is 62.4 Å². The third-order valence-corrected chi connectivity index (χ3v) is 5.02. The number of nitrogens with one attached hydrogen (secondary N) is 1. The van der Waals surface area contributed by atoms with Gasteiger partial charge in [-0.25, -0.2) is 0 Å². The number of carboxylic acids is 1. The number of aromatic nitrogens is 4. The first-order chi connectivity index (χ1) is 13.3. The van der Waals surface area contributed by atoms with Crippen LogP contribution in [-0.2, 0) is 17.9 Å². The molecule has 3 rings (SSSR count). The average Bonchev–Trinajstić information content (AvgIpc) is 3.23. The monoisotopic (exact) mass is 485 g/mol. The molecule has 0 aliphatic carbocycles. The van der Waals surface area contributed by atoms with Gasteiger partial charge in [-0.15, -0.1) is 0 Å². The van der Waals surface area contributed by atoms with E-state index >= 15 is 0 Å². The van der Waals surface area contributed by atoms with E-state index in [-0.39, 0.29) is 18.7 Å². The van der Waals surface area contributed by atoms with Gasteiger partial charge < -0.3 is 10.4 Å². The van der Waals surface area contributed by atoms with E-state index in [1.54, 1.807) is 29.2 Å². The lowest BCUT2D eigenvalue weighted by Gasteiger charge is -2.04. The molecule has 0 aliphatic rings. The molecule has 2 heterocycles. The summed E-state index contributed by atoms with van der Waals surface area (Å²) in [5, 5.41) is 20.7. The fourth-order valence-electron chi connectivity index (χ4n) is 2.38. The number of carboxylic acid groups (broad SMARTS) is 1. The zero-order chi connectivity index (χ0) is 20.3. The molecule has 2 aromatic heterocycles. The number of anilines is 1. The Hall–Kier alpha value is -2.36. The summed E-state index contributed by atoms with van der Waals surface area (Å²) in [6.07, 6.45) is 3.20. The zero-order valence-electron chi connectivity index (χ0n) is 14.3. The number of benzene rings is 1. The Morgan fingerprint density at radius 1 is 1.14 bits per heavy atom. The molecule has 28 heavy (non-hydrogen) atoms. The van der Waals surface area contributed by atoms with Gasteiger partial charge in [-0.2, -0.15) is 10.2 Å². The Balaban J connectivity index is 1.66. The Morgan fingerprint density at radius 3 is 2.64 bits per heavy atom. The van der Waals surface area contributed by atoms with Gasteiger partial charge in [0.15, 0.2) is 11.5 Å². The molecule has 11 heteroatoms. The summed E-state index contributed by atoms with van der Waals surface area (Å²) in [7, 11) is 0. The summed E-state index contributed by atoms with van der Waals surface area (Å²) in [5.74, 6) is -1.04. The Bertz CT molecular complexity index is 1030. The number of aliphatic carboxylic acids is 1. The van der Waals surface area contributed by atoms with E-state index in [4.69, 9.17) is 28.3 Å². The third kappa shape index (κ3) is 5.12. The van der Waals surface area contributed by atoms with Gasteiger partial charge in [-0.1, -0.05) is 29.3 Å². The largest absolute Gasteiger partial charge is 0.481 e. The Kier molecular flexibility index (Phi) is 6.38. The molecule has 0 spiro atoms. The van der Waals surface area contributed by atoms with Crippen molar-refractivity contribution < 1.29 is 14.7 Å². The minimum atomic E-state index is -0.932. The van der Waals surface area contributed by atoms with E-state index in [1.807, 2.05) is 6.07 Å². The van der Waals surface area contributed by atoms with E-state index in [0.717, 1.165) is 5.56 Å². The summed E-state index contributed by atoms with van der Waals surface area (Å²) in [6.45, 7) is 0.625. The maximum absolute atomic E-state index is 12.4. The number of hydrogen-bond donors (Lipinski definition) is 2. The van der Waals surface area contributed by atoms with Crippen LogP contribution in [0.1, 0.15) is 22.5 Å². The molecule has 0 fully saturated rings. The van der Waals surface area contributed by atoms with Gasteiger partial charge in [0.05, 0.1) is 34.0 Å². The number of halogens is 3. The first-order valence-corrected chi connectivity index (χ1v) is 9.60. The number of hydrogen-bond acceptors (Lipinski definition) is 4. The number of carbonyl (C=O) groups excluding carboxylic acids is 1. The third-order valence-electron chi connectivity index (χ3n) is 3.71. The zero-order valence-corrected chi connectivity index (χ0v) is 17.4. The van der Waals surface area contributed by atoms with Gasteiger partial charge in [0.2, 0.25) is 0 Å². The normalized spacial score (nSPS) is 10.8. The van der Waals surface area contributed by atoms with Crippen LogP contribution in [0.4, 0.5) is 5.82 Å². The Labute approximate surface area is 178 Å². The SMILES string of the molecule is O=C(O)CCn1ccc(C(=O)Nc2nn(Cc3ccc(Cl)c(Cl)c3)cc2Br)n1. The number of carbonyl (C=O) groups is 2. The van der Waals surface area contributed by atoms with E-state index in [1.165, 1.54) is 10.7 Å². The van der Waals surface area contributed by atoms with Crippen molar-refractivity contribution in [2.24, 2.45) is 0 Å². The summed E-state index contributed by atoms with van der Waals surface area (Å²) in [4.78, 5) is 23.0. The minimum absolute atomic E-state index is 0.0760. The average molecular weight is 487 g/mol. The van der Waals surface area contributed by atoms with Crippen LogP contribution >= 0.6 is 39.1 Å². The van der Waals surface area contributed by atoms with E-state index in [9.17, 15) is 9.59 Å². The van der Waals surface area contributed by atoms with Gasteiger partial charge in [0, 0.05) is 12.4 Å². The molecule has 0 saturated carbocycles. The van der Waals surface area contributed by atoms with Crippen LogP contribution in [-0.4, -0.2) is 36.5 Å². The fourth-order valence-corrected chi connectivity index (χ4v) is 3.11. The van der Waals surface area contributed by atoms with E-state index in [0.29, 0.717) is 26.9 Å². The molecule has 0 bridgehead atoms. The quantitative estimate of drug-likeness (QED) is 0.526. The second-order valence-electron chi connectivity index (χ2n) is 5.83. The number of rotatable bonds is 7. The molecule has 146 valence electrons. The van der Waals surface area contributed by atoms with Gasteiger partial charge in [-0.3, -0.25) is 19.0 Å². The van der Waals surface area contributed by atoms with Crippen LogP contribution in [0.2, 0.25) is 10.0 Å². The van der Waals surface area contributed by atoms with E-state index < -0.39 is 11.9 Å². The molecule has 0 aliphatic heterocycles. The van der Waals surface area contributed by atoms with E-state index in [2.05, 4.69) is 31.4 Å². The molecule has 0 unspecified atom stereocenters. The second kappa shape index (κ2) is 8.76. The lowest BCUT2D eigenvalue weighted by molar-refractivity contribution is -0.137. The molecule has 3 aromatic rings. The minimum Gasteiger partial charge on any atom is -0.481 e. The molecule has 0 radical (unpaired) electrons. The maximum Gasteiger partial charge on any atom is 0.305 e. The van der Waals surface area contributed by atoms with Crippen molar-refractivity contribution in [2.45, 2.75) is 19.5 Å². The molecular weight excluding hydrogens is 473 g/mol. The van der Waals surface area contributed by atoms with Crippen molar-refractivity contribution in [1.82, 2.24) is 19.6 Å². The number of nitrogens with zero attached hydrogens (tertiary/aromatic N) is 4. The maximum atomic E-state index is 12.4.